The SMILES string of the molecule is COc1ccc(C(C)C(=O)NCCO)cc1OC.c1ccccc#1. The molecule has 2 N–H and O–H groups in total. The normalized spacial score (nSPS) is 10.5. The molecule has 1 unspecified atom stereocenters. The number of nitrogens with one attached hydrogen (secondary N) is 1. The zero-order valence-electron chi connectivity index (χ0n) is 14.2. The maximum absolute atomic E-state index is 11.8. The second kappa shape index (κ2) is 10.9. The summed E-state index contributed by atoms with van der Waals surface area (Å²) in [5.41, 5.74) is 0.836. The van der Waals surface area contributed by atoms with Gasteiger partial charge in [-0.05, 0) is 36.8 Å². The number of hydrogen-bond donors (Lipinski definition) is 2. The molecule has 0 aromatic heterocycles. The second-order valence-corrected chi connectivity index (χ2v) is 4.86. The van der Waals surface area contributed by atoms with Crippen LogP contribution in [0.1, 0.15) is 18.4 Å². The summed E-state index contributed by atoms with van der Waals surface area (Å²) in [6.07, 6.45) is 0. The van der Waals surface area contributed by atoms with Crippen LogP contribution < -0.4 is 14.8 Å². The van der Waals surface area contributed by atoms with Gasteiger partial charge in [0.2, 0.25) is 5.91 Å². The Balaban J connectivity index is 0.000000400. The molecule has 24 heavy (non-hydrogen) atoms. The van der Waals surface area contributed by atoms with Crippen LogP contribution in [0, 0.1) is 12.1 Å². The first-order valence-electron chi connectivity index (χ1n) is 7.57. The van der Waals surface area contributed by atoms with Gasteiger partial charge in [0.25, 0.3) is 0 Å². The smallest absolute Gasteiger partial charge is 0.227 e. The molecular formula is C19H23NO4. The van der Waals surface area contributed by atoms with Crippen LogP contribution in [0.2, 0.25) is 0 Å². The number of carbonyl (C=O) groups excluding carboxylic acids is 1. The van der Waals surface area contributed by atoms with Crippen molar-refractivity contribution >= 4 is 5.91 Å². The Bertz CT molecular complexity index is 575. The van der Waals surface area contributed by atoms with Crippen molar-refractivity contribution < 1.29 is 19.4 Å². The van der Waals surface area contributed by atoms with E-state index in [1.165, 1.54) is 0 Å². The maximum Gasteiger partial charge on any atom is 0.227 e. The molecule has 0 saturated carbocycles. The van der Waals surface area contributed by atoms with Crippen LogP contribution in [-0.2, 0) is 4.79 Å². The Morgan fingerprint density at radius 3 is 2.25 bits per heavy atom. The van der Waals surface area contributed by atoms with E-state index < -0.39 is 0 Å². The van der Waals surface area contributed by atoms with Gasteiger partial charge >= 0.3 is 0 Å². The fourth-order valence-corrected chi connectivity index (χ4v) is 1.91. The summed E-state index contributed by atoms with van der Waals surface area (Å²) in [4.78, 5) is 11.8. The topological polar surface area (TPSA) is 67.8 Å². The summed E-state index contributed by atoms with van der Waals surface area (Å²) in [5.74, 6) is 0.786. The molecule has 0 heterocycles. The molecular weight excluding hydrogens is 306 g/mol. The number of aliphatic hydroxyl groups excluding tert-OH is 1. The van der Waals surface area contributed by atoms with Gasteiger partial charge in [0.05, 0.1) is 26.7 Å². The van der Waals surface area contributed by atoms with Crippen molar-refractivity contribution in [3.05, 3.63) is 60.2 Å². The molecule has 2 aromatic rings. The van der Waals surface area contributed by atoms with Crippen LogP contribution >= 0.6 is 0 Å². The van der Waals surface area contributed by atoms with Crippen LogP contribution in [0.3, 0.4) is 0 Å². The van der Waals surface area contributed by atoms with Gasteiger partial charge in [-0.25, -0.2) is 0 Å². The number of methoxy groups -OCH3 is 2. The van der Waals surface area contributed by atoms with E-state index in [4.69, 9.17) is 14.6 Å². The number of hydrogen-bond acceptors (Lipinski definition) is 4. The third-order valence-electron chi connectivity index (χ3n) is 3.27. The minimum atomic E-state index is -0.309. The molecule has 0 saturated heterocycles. The first kappa shape index (κ1) is 19.3. The number of rotatable bonds is 6. The molecule has 0 fully saturated rings. The summed E-state index contributed by atoms with van der Waals surface area (Å²) in [5, 5.41) is 11.3. The predicted octanol–water partition coefficient (Wildman–Crippen LogP) is 2.20. The lowest BCUT2D eigenvalue weighted by molar-refractivity contribution is -0.122. The van der Waals surface area contributed by atoms with Gasteiger partial charge < -0.3 is 19.9 Å². The quantitative estimate of drug-likeness (QED) is 0.852. The van der Waals surface area contributed by atoms with Crippen LogP contribution in [0.4, 0.5) is 0 Å². The molecule has 5 heteroatoms. The molecule has 1 atom stereocenters. The van der Waals surface area contributed by atoms with E-state index in [1.54, 1.807) is 33.3 Å². The number of aliphatic hydroxyl groups is 1. The van der Waals surface area contributed by atoms with Crippen molar-refractivity contribution in [3.8, 4) is 11.5 Å². The lowest BCUT2D eigenvalue weighted by Crippen LogP contribution is -2.30. The van der Waals surface area contributed by atoms with Crippen molar-refractivity contribution in [2.24, 2.45) is 0 Å². The summed E-state index contributed by atoms with van der Waals surface area (Å²) in [6.45, 7) is 1.99. The molecule has 0 aliphatic carbocycles. The Morgan fingerprint density at radius 1 is 1.17 bits per heavy atom. The summed E-state index contributed by atoms with van der Waals surface area (Å²) >= 11 is 0. The molecule has 5 nitrogen and oxygen atoms in total. The standard InChI is InChI=1S/C13H19NO4.C6H4/c1-9(13(16)14-6-7-15)10-4-5-11(17-2)12(8-10)18-3;1-2-4-6-5-3-1/h4-5,8-9,15H,6-7H2,1-3H3,(H,14,16);1-4H. The van der Waals surface area contributed by atoms with Crippen molar-refractivity contribution in [1.82, 2.24) is 5.32 Å². The predicted molar refractivity (Wildman–Crippen MR) is 92.2 cm³/mol. The molecule has 0 aliphatic rings. The highest BCUT2D eigenvalue weighted by Crippen LogP contribution is 2.30. The molecule has 0 spiro atoms. The van der Waals surface area contributed by atoms with E-state index in [1.807, 2.05) is 30.3 Å². The van der Waals surface area contributed by atoms with E-state index >= 15 is 0 Å². The monoisotopic (exact) mass is 329 g/mol. The van der Waals surface area contributed by atoms with E-state index in [0.717, 1.165) is 5.56 Å². The van der Waals surface area contributed by atoms with Crippen molar-refractivity contribution in [3.63, 3.8) is 0 Å². The average molecular weight is 329 g/mol. The lowest BCUT2D eigenvalue weighted by Gasteiger charge is -2.14. The zero-order valence-corrected chi connectivity index (χ0v) is 14.2. The van der Waals surface area contributed by atoms with Gasteiger partial charge in [-0.3, -0.25) is 4.79 Å². The van der Waals surface area contributed by atoms with Crippen LogP contribution in [0.5, 0.6) is 11.5 Å². The molecule has 2 aromatic carbocycles. The minimum Gasteiger partial charge on any atom is -0.493 e. The molecule has 0 bridgehead atoms. The summed E-state index contributed by atoms with van der Waals surface area (Å²) in [7, 11) is 3.12. The van der Waals surface area contributed by atoms with Crippen LogP contribution in [0.25, 0.3) is 0 Å². The number of benzene rings is 1. The van der Waals surface area contributed by atoms with Crippen LogP contribution in [0.15, 0.2) is 42.5 Å². The first-order chi connectivity index (χ1) is 11.6. The van der Waals surface area contributed by atoms with E-state index in [0.29, 0.717) is 11.5 Å². The third kappa shape index (κ3) is 6.19. The molecule has 0 aliphatic heterocycles. The summed E-state index contributed by atoms with van der Waals surface area (Å²) < 4.78 is 10.3. The fourth-order valence-electron chi connectivity index (χ4n) is 1.91. The first-order valence-corrected chi connectivity index (χ1v) is 7.57. The van der Waals surface area contributed by atoms with Gasteiger partial charge in [0, 0.05) is 6.54 Å². The minimum absolute atomic E-state index is 0.0651. The Kier molecular flexibility index (Phi) is 8.80. The van der Waals surface area contributed by atoms with Crippen molar-refractivity contribution in [1.29, 1.82) is 0 Å². The van der Waals surface area contributed by atoms with Crippen molar-refractivity contribution in [2.45, 2.75) is 12.8 Å². The number of ether oxygens (including phenoxy) is 2. The summed E-state index contributed by atoms with van der Waals surface area (Å²) in [6, 6.07) is 18.4. The van der Waals surface area contributed by atoms with E-state index in [-0.39, 0.29) is 25.0 Å². The molecule has 0 radical (unpaired) electrons. The highest BCUT2D eigenvalue weighted by molar-refractivity contribution is 5.83. The van der Waals surface area contributed by atoms with Gasteiger partial charge in [-0.15, -0.1) is 0 Å². The Labute approximate surface area is 143 Å². The maximum atomic E-state index is 11.8. The molecule has 2 rings (SSSR count). The lowest BCUT2D eigenvalue weighted by atomic mass is 10.00. The Hall–Kier alpha value is -2.71. The van der Waals surface area contributed by atoms with Gasteiger partial charge in [-0.1, -0.05) is 30.3 Å². The average Bonchev–Trinajstić information content (AvgIpc) is 2.66. The highest BCUT2D eigenvalue weighted by Gasteiger charge is 2.16. The fraction of sp³-hybridized carbons (Fsp3) is 0.316. The largest absolute Gasteiger partial charge is 0.493 e. The number of carbonyl (C=O) groups is 1. The van der Waals surface area contributed by atoms with Gasteiger partial charge in [0.15, 0.2) is 11.5 Å². The highest BCUT2D eigenvalue weighted by atomic mass is 16.5. The van der Waals surface area contributed by atoms with Gasteiger partial charge in [-0.2, -0.15) is 0 Å². The second-order valence-electron chi connectivity index (χ2n) is 4.86. The van der Waals surface area contributed by atoms with Crippen LogP contribution in [-0.4, -0.2) is 38.4 Å². The van der Waals surface area contributed by atoms with Crippen molar-refractivity contribution in [2.75, 3.05) is 27.4 Å². The van der Waals surface area contributed by atoms with E-state index in [9.17, 15) is 4.79 Å². The van der Waals surface area contributed by atoms with E-state index in [2.05, 4.69) is 17.4 Å². The molecule has 128 valence electrons. The number of amides is 1. The third-order valence-corrected chi connectivity index (χ3v) is 3.27. The Morgan fingerprint density at radius 2 is 1.79 bits per heavy atom. The molecule has 1 amide bonds. The van der Waals surface area contributed by atoms with Gasteiger partial charge in [0.1, 0.15) is 0 Å². The zero-order chi connectivity index (χ0) is 17.8.